The number of hydrogen-bond acceptors (Lipinski definition) is 6. The first-order chi connectivity index (χ1) is 13.5. The SMILES string of the molecule is Cc1nn(-c2nc(N3CCOCC3)c(SC(C)C)s2)cc1-c1cccc(F)c1. The number of thiazole rings is 1. The van der Waals surface area contributed by atoms with Gasteiger partial charge in [-0.05, 0) is 24.6 Å². The summed E-state index contributed by atoms with van der Waals surface area (Å²) in [6, 6.07) is 6.61. The molecule has 28 heavy (non-hydrogen) atoms. The maximum atomic E-state index is 13.6. The molecule has 4 rings (SSSR count). The fourth-order valence-corrected chi connectivity index (χ4v) is 5.60. The first-order valence-corrected chi connectivity index (χ1v) is 11.0. The lowest BCUT2D eigenvalue weighted by Gasteiger charge is -2.27. The minimum atomic E-state index is -0.246. The van der Waals surface area contributed by atoms with Crippen molar-refractivity contribution in [3.05, 3.63) is 42.0 Å². The smallest absolute Gasteiger partial charge is 0.213 e. The highest BCUT2D eigenvalue weighted by atomic mass is 32.2. The Morgan fingerprint density at radius 2 is 2.04 bits per heavy atom. The second kappa shape index (κ2) is 8.23. The Balaban J connectivity index is 1.71. The lowest BCUT2D eigenvalue weighted by Crippen LogP contribution is -2.36. The Morgan fingerprint density at radius 1 is 1.25 bits per heavy atom. The van der Waals surface area contributed by atoms with Crippen LogP contribution in [-0.2, 0) is 4.74 Å². The third-order valence-electron chi connectivity index (χ3n) is 4.45. The number of halogens is 1. The van der Waals surface area contributed by atoms with E-state index in [-0.39, 0.29) is 5.82 Å². The van der Waals surface area contributed by atoms with Crippen LogP contribution in [0, 0.1) is 12.7 Å². The van der Waals surface area contributed by atoms with Crippen molar-refractivity contribution in [2.75, 3.05) is 31.2 Å². The molecule has 2 aromatic heterocycles. The van der Waals surface area contributed by atoms with Crippen molar-refractivity contribution >= 4 is 28.9 Å². The summed E-state index contributed by atoms with van der Waals surface area (Å²) in [6.45, 7) is 9.47. The average Bonchev–Trinajstić information content (AvgIpc) is 3.26. The first kappa shape index (κ1) is 19.4. The topological polar surface area (TPSA) is 43.2 Å². The highest BCUT2D eigenvalue weighted by Crippen LogP contribution is 2.39. The molecule has 148 valence electrons. The number of anilines is 1. The van der Waals surface area contributed by atoms with E-state index in [1.165, 1.54) is 16.3 Å². The maximum Gasteiger partial charge on any atom is 0.213 e. The van der Waals surface area contributed by atoms with Crippen LogP contribution in [0.1, 0.15) is 19.5 Å². The number of morpholine rings is 1. The highest BCUT2D eigenvalue weighted by molar-refractivity contribution is 8.01. The monoisotopic (exact) mass is 418 g/mol. The third-order valence-corrected chi connectivity index (χ3v) is 6.69. The van der Waals surface area contributed by atoms with Crippen LogP contribution in [-0.4, -0.2) is 46.3 Å². The van der Waals surface area contributed by atoms with Crippen molar-refractivity contribution in [3.63, 3.8) is 0 Å². The number of aryl methyl sites for hydroxylation is 1. The molecular weight excluding hydrogens is 395 g/mol. The van der Waals surface area contributed by atoms with Gasteiger partial charge in [0.15, 0.2) is 5.82 Å². The van der Waals surface area contributed by atoms with Gasteiger partial charge in [0.2, 0.25) is 5.13 Å². The molecule has 0 atom stereocenters. The van der Waals surface area contributed by atoms with E-state index in [4.69, 9.17) is 9.72 Å². The molecule has 1 aromatic carbocycles. The Labute approximate surface area is 172 Å². The van der Waals surface area contributed by atoms with Crippen LogP contribution < -0.4 is 4.90 Å². The maximum absolute atomic E-state index is 13.6. The van der Waals surface area contributed by atoms with Crippen LogP contribution in [0.4, 0.5) is 10.2 Å². The number of hydrogen-bond donors (Lipinski definition) is 0. The Morgan fingerprint density at radius 3 is 2.75 bits per heavy atom. The fourth-order valence-electron chi connectivity index (χ4n) is 3.15. The molecule has 1 saturated heterocycles. The molecule has 0 saturated carbocycles. The molecule has 0 aliphatic carbocycles. The van der Waals surface area contributed by atoms with Crippen molar-refractivity contribution in [1.82, 2.24) is 14.8 Å². The van der Waals surface area contributed by atoms with E-state index in [1.54, 1.807) is 17.4 Å². The number of benzene rings is 1. The summed E-state index contributed by atoms with van der Waals surface area (Å²) in [6.07, 6.45) is 1.94. The molecule has 0 spiro atoms. The molecule has 1 fully saturated rings. The lowest BCUT2D eigenvalue weighted by atomic mass is 10.1. The van der Waals surface area contributed by atoms with Crippen molar-refractivity contribution in [2.24, 2.45) is 0 Å². The van der Waals surface area contributed by atoms with E-state index < -0.39 is 0 Å². The van der Waals surface area contributed by atoms with Crippen LogP contribution in [0.25, 0.3) is 16.3 Å². The summed E-state index contributed by atoms with van der Waals surface area (Å²) >= 11 is 3.48. The minimum Gasteiger partial charge on any atom is -0.378 e. The van der Waals surface area contributed by atoms with Crippen molar-refractivity contribution in [1.29, 1.82) is 0 Å². The highest BCUT2D eigenvalue weighted by Gasteiger charge is 2.22. The van der Waals surface area contributed by atoms with Gasteiger partial charge in [-0.25, -0.2) is 9.07 Å². The number of rotatable bonds is 5. The van der Waals surface area contributed by atoms with E-state index >= 15 is 0 Å². The predicted octanol–water partition coefficient (Wildman–Crippen LogP) is 4.78. The Bertz CT molecular complexity index is 963. The second-order valence-electron chi connectivity index (χ2n) is 6.96. The molecule has 0 amide bonds. The van der Waals surface area contributed by atoms with Gasteiger partial charge in [-0.2, -0.15) is 10.1 Å². The molecule has 5 nitrogen and oxygen atoms in total. The summed E-state index contributed by atoms with van der Waals surface area (Å²) in [5.41, 5.74) is 2.60. The standard InChI is InChI=1S/C20H23FN4OS2/c1-13(2)27-19-18(24-7-9-26-10-8-24)22-20(28-19)25-12-17(14(3)23-25)15-5-4-6-16(21)11-15/h4-6,11-13H,7-10H2,1-3H3. The first-order valence-electron chi connectivity index (χ1n) is 9.34. The van der Waals surface area contributed by atoms with Crippen molar-refractivity contribution < 1.29 is 9.13 Å². The van der Waals surface area contributed by atoms with Gasteiger partial charge >= 0.3 is 0 Å². The Hall–Kier alpha value is -1.90. The summed E-state index contributed by atoms with van der Waals surface area (Å²) in [4.78, 5) is 7.21. The minimum absolute atomic E-state index is 0.246. The third kappa shape index (κ3) is 4.09. The summed E-state index contributed by atoms with van der Waals surface area (Å²) < 4.78 is 22.1. The molecule has 3 heterocycles. The molecule has 1 aliphatic rings. The van der Waals surface area contributed by atoms with Gasteiger partial charge in [-0.15, -0.1) is 11.8 Å². The summed E-state index contributed by atoms with van der Waals surface area (Å²) in [5.74, 6) is 0.770. The average molecular weight is 419 g/mol. The number of nitrogens with zero attached hydrogens (tertiary/aromatic N) is 4. The van der Waals surface area contributed by atoms with E-state index in [0.717, 1.165) is 54.1 Å². The predicted molar refractivity (Wildman–Crippen MR) is 113 cm³/mol. The quantitative estimate of drug-likeness (QED) is 0.558. The molecule has 0 N–H and O–H groups in total. The second-order valence-corrected chi connectivity index (χ2v) is 9.78. The van der Waals surface area contributed by atoms with Gasteiger partial charge in [0, 0.05) is 30.1 Å². The van der Waals surface area contributed by atoms with Crippen LogP contribution in [0.3, 0.4) is 0 Å². The van der Waals surface area contributed by atoms with Gasteiger partial charge in [0.05, 0.1) is 18.9 Å². The van der Waals surface area contributed by atoms with E-state index in [9.17, 15) is 4.39 Å². The lowest BCUT2D eigenvalue weighted by molar-refractivity contribution is 0.122. The van der Waals surface area contributed by atoms with Crippen molar-refractivity contribution in [3.8, 4) is 16.3 Å². The van der Waals surface area contributed by atoms with Gasteiger partial charge in [-0.1, -0.05) is 37.3 Å². The molecular formula is C20H23FN4OS2. The molecule has 0 bridgehead atoms. The molecule has 8 heteroatoms. The van der Waals surface area contributed by atoms with E-state index in [2.05, 4.69) is 23.8 Å². The number of ether oxygens (including phenoxy) is 1. The van der Waals surface area contributed by atoms with Crippen molar-refractivity contribution in [2.45, 2.75) is 30.2 Å². The molecule has 3 aromatic rings. The molecule has 1 aliphatic heterocycles. The summed E-state index contributed by atoms with van der Waals surface area (Å²) in [5, 5.41) is 5.95. The van der Waals surface area contributed by atoms with E-state index in [0.29, 0.717) is 5.25 Å². The summed E-state index contributed by atoms with van der Waals surface area (Å²) in [7, 11) is 0. The van der Waals surface area contributed by atoms with Crippen LogP contribution in [0.15, 0.2) is 34.7 Å². The zero-order valence-corrected chi connectivity index (χ0v) is 17.8. The number of thioether (sulfide) groups is 1. The van der Waals surface area contributed by atoms with Gasteiger partial charge in [0.25, 0.3) is 0 Å². The van der Waals surface area contributed by atoms with Crippen LogP contribution >= 0.6 is 23.1 Å². The zero-order valence-electron chi connectivity index (χ0n) is 16.2. The van der Waals surface area contributed by atoms with Crippen LogP contribution in [0.2, 0.25) is 0 Å². The fraction of sp³-hybridized carbons (Fsp3) is 0.400. The largest absolute Gasteiger partial charge is 0.378 e. The molecule has 0 radical (unpaired) electrons. The molecule has 0 unspecified atom stereocenters. The van der Waals surface area contributed by atoms with Crippen LogP contribution in [0.5, 0.6) is 0 Å². The Kier molecular flexibility index (Phi) is 5.70. The van der Waals surface area contributed by atoms with Gasteiger partial charge in [-0.3, -0.25) is 0 Å². The normalized spacial score (nSPS) is 14.8. The number of aromatic nitrogens is 3. The van der Waals surface area contributed by atoms with Gasteiger partial charge < -0.3 is 9.64 Å². The zero-order chi connectivity index (χ0) is 19.7. The van der Waals surface area contributed by atoms with E-state index in [1.807, 2.05) is 35.6 Å². The van der Waals surface area contributed by atoms with Gasteiger partial charge in [0.1, 0.15) is 10.0 Å².